The Hall–Kier alpha value is -2.43. The summed E-state index contributed by atoms with van der Waals surface area (Å²) in [6.45, 7) is 2.36. The maximum absolute atomic E-state index is 12.8. The van der Waals surface area contributed by atoms with Crippen LogP contribution in [0.2, 0.25) is 5.02 Å². The number of carbonyl (C=O) groups is 1. The average Bonchev–Trinajstić information content (AvgIpc) is 2.61. The molecule has 0 aliphatic carbocycles. The van der Waals surface area contributed by atoms with Crippen molar-refractivity contribution in [3.05, 3.63) is 65.2 Å². The third-order valence-electron chi connectivity index (χ3n) is 3.89. The highest BCUT2D eigenvalue weighted by molar-refractivity contribution is 6.30. The minimum atomic E-state index is -0.140. The van der Waals surface area contributed by atoms with Crippen LogP contribution in [-0.4, -0.2) is 30.6 Å². The maximum atomic E-state index is 12.8. The molecule has 3 rings (SSSR count). The van der Waals surface area contributed by atoms with Gasteiger partial charge in [-0.15, -0.1) is 0 Å². The quantitative estimate of drug-likeness (QED) is 0.742. The number of carbonyl (C=O) groups excluding carboxylic acids is 1. The van der Waals surface area contributed by atoms with Crippen molar-refractivity contribution < 1.29 is 9.53 Å². The van der Waals surface area contributed by atoms with Gasteiger partial charge in [-0.2, -0.15) is 0 Å². The predicted molar refractivity (Wildman–Crippen MR) is 101 cm³/mol. The number of nitrogens with zero attached hydrogens (tertiary/aromatic N) is 1. The summed E-state index contributed by atoms with van der Waals surface area (Å²) in [5, 5.41) is 4.45. The van der Waals surface area contributed by atoms with E-state index in [0.717, 1.165) is 22.2 Å². The summed E-state index contributed by atoms with van der Waals surface area (Å²) < 4.78 is 5.09. The molecule has 5 heteroatoms. The molecule has 3 aromatic rings. The normalized spacial score (nSPS) is 12.1. The van der Waals surface area contributed by atoms with Crippen LogP contribution in [0.25, 0.3) is 22.2 Å². The fourth-order valence-corrected chi connectivity index (χ4v) is 2.85. The van der Waals surface area contributed by atoms with E-state index in [1.165, 1.54) is 0 Å². The van der Waals surface area contributed by atoms with Crippen LogP contribution in [-0.2, 0) is 4.74 Å². The summed E-state index contributed by atoms with van der Waals surface area (Å²) in [5.74, 6) is -0.140. The van der Waals surface area contributed by atoms with Crippen LogP contribution in [0.15, 0.2) is 54.6 Å². The lowest BCUT2D eigenvalue weighted by atomic mass is 10.0. The Morgan fingerprint density at radius 2 is 1.92 bits per heavy atom. The molecule has 0 bridgehead atoms. The van der Waals surface area contributed by atoms with Crippen molar-refractivity contribution in [1.29, 1.82) is 0 Å². The van der Waals surface area contributed by atoms with Crippen LogP contribution in [0.3, 0.4) is 0 Å². The topological polar surface area (TPSA) is 51.2 Å². The van der Waals surface area contributed by atoms with Crippen molar-refractivity contribution in [1.82, 2.24) is 10.3 Å². The van der Waals surface area contributed by atoms with E-state index < -0.39 is 0 Å². The van der Waals surface area contributed by atoms with Crippen LogP contribution in [0.1, 0.15) is 17.3 Å². The Bertz CT molecular complexity index is 894. The lowest BCUT2D eigenvalue weighted by molar-refractivity contribution is 0.0907. The number of ether oxygens (including phenoxy) is 1. The summed E-state index contributed by atoms with van der Waals surface area (Å²) in [4.78, 5) is 17.5. The van der Waals surface area contributed by atoms with Crippen molar-refractivity contribution in [2.24, 2.45) is 0 Å². The lowest BCUT2D eigenvalue weighted by Crippen LogP contribution is -2.35. The molecule has 4 nitrogen and oxygen atoms in total. The monoisotopic (exact) mass is 354 g/mol. The molecule has 0 aliphatic rings. The molecule has 25 heavy (non-hydrogen) atoms. The number of amides is 1. The summed E-state index contributed by atoms with van der Waals surface area (Å²) in [6.07, 6.45) is 0. The van der Waals surface area contributed by atoms with Gasteiger partial charge in [0, 0.05) is 29.1 Å². The molecule has 0 fully saturated rings. The number of fused-ring (bicyclic) bond motifs is 1. The Labute approximate surface area is 151 Å². The highest BCUT2D eigenvalue weighted by atomic mass is 35.5. The molecule has 2 aromatic carbocycles. The minimum Gasteiger partial charge on any atom is -0.383 e. The molecule has 0 radical (unpaired) electrons. The van der Waals surface area contributed by atoms with Gasteiger partial charge in [-0.05, 0) is 31.2 Å². The summed E-state index contributed by atoms with van der Waals surface area (Å²) in [5.41, 5.74) is 3.02. The fourth-order valence-electron chi connectivity index (χ4n) is 2.73. The van der Waals surface area contributed by atoms with Gasteiger partial charge in [0.05, 0.1) is 23.4 Å². The number of para-hydroxylation sites is 1. The summed E-state index contributed by atoms with van der Waals surface area (Å²) in [6, 6.07) is 16.8. The van der Waals surface area contributed by atoms with Gasteiger partial charge in [0.1, 0.15) is 0 Å². The average molecular weight is 355 g/mol. The van der Waals surface area contributed by atoms with E-state index in [9.17, 15) is 4.79 Å². The Kier molecular flexibility index (Phi) is 5.31. The van der Waals surface area contributed by atoms with Gasteiger partial charge in [0.2, 0.25) is 0 Å². The van der Waals surface area contributed by atoms with Crippen molar-refractivity contribution in [3.63, 3.8) is 0 Å². The third-order valence-corrected chi connectivity index (χ3v) is 4.15. The van der Waals surface area contributed by atoms with Crippen LogP contribution in [0.4, 0.5) is 0 Å². The zero-order chi connectivity index (χ0) is 17.8. The van der Waals surface area contributed by atoms with Gasteiger partial charge in [-0.25, -0.2) is 4.98 Å². The van der Waals surface area contributed by atoms with E-state index in [1.807, 2.05) is 61.5 Å². The summed E-state index contributed by atoms with van der Waals surface area (Å²) >= 11 is 5.97. The minimum absolute atomic E-state index is 0.0802. The van der Waals surface area contributed by atoms with Gasteiger partial charge < -0.3 is 10.1 Å². The highest BCUT2D eigenvalue weighted by Gasteiger charge is 2.15. The smallest absolute Gasteiger partial charge is 0.252 e. The maximum Gasteiger partial charge on any atom is 0.252 e. The standard InChI is InChI=1S/C20H19ClN2O2/c1-13(12-25-2)22-20(24)17-11-19(14-7-9-15(21)10-8-14)23-18-6-4-3-5-16(17)18/h3-11,13H,12H2,1-2H3,(H,22,24)/t13-/m1/s1. The molecule has 1 aromatic heterocycles. The summed E-state index contributed by atoms with van der Waals surface area (Å²) in [7, 11) is 1.61. The predicted octanol–water partition coefficient (Wildman–Crippen LogP) is 4.32. The number of methoxy groups -OCH3 is 1. The van der Waals surface area contributed by atoms with Gasteiger partial charge in [0.15, 0.2) is 0 Å². The highest BCUT2D eigenvalue weighted by Crippen LogP contribution is 2.26. The Morgan fingerprint density at radius 1 is 1.20 bits per heavy atom. The Morgan fingerprint density at radius 3 is 2.64 bits per heavy atom. The van der Waals surface area contributed by atoms with E-state index in [4.69, 9.17) is 16.3 Å². The van der Waals surface area contributed by atoms with E-state index in [2.05, 4.69) is 10.3 Å². The molecular formula is C20H19ClN2O2. The largest absolute Gasteiger partial charge is 0.383 e. The molecule has 1 amide bonds. The fraction of sp³-hybridized carbons (Fsp3) is 0.200. The molecule has 1 N–H and O–H groups in total. The van der Waals surface area contributed by atoms with E-state index in [0.29, 0.717) is 17.2 Å². The SMILES string of the molecule is COC[C@@H](C)NC(=O)c1cc(-c2ccc(Cl)cc2)nc2ccccc12. The molecule has 0 saturated heterocycles. The number of pyridine rings is 1. The number of nitrogens with one attached hydrogen (secondary N) is 1. The first-order valence-electron chi connectivity index (χ1n) is 8.04. The molecule has 0 saturated carbocycles. The number of rotatable bonds is 5. The second-order valence-electron chi connectivity index (χ2n) is 5.91. The molecule has 0 aliphatic heterocycles. The second-order valence-corrected chi connectivity index (χ2v) is 6.35. The first kappa shape index (κ1) is 17.4. The van der Waals surface area contributed by atoms with E-state index in [1.54, 1.807) is 7.11 Å². The zero-order valence-corrected chi connectivity index (χ0v) is 14.9. The van der Waals surface area contributed by atoms with Crippen LogP contribution in [0.5, 0.6) is 0 Å². The third kappa shape index (κ3) is 3.98. The molecule has 128 valence electrons. The van der Waals surface area contributed by atoms with E-state index in [-0.39, 0.29) is 11.9 Å². The number of hydrogen-bond donors (Lipinski definition) is 1. The molecule has 0 spiro atoms. The lowest BCUT2D eigenvalue weighted by Gasteiger charge is -2.15. The van der Waals surface area contributed by atoms with Crippen molar-refractivity contribution in [2.45, 2.75) is 13.0 Å². The molecule has 1 heterocycles. The number of benzene rings is 2. The van der Waals surface area contributed by atoms with Gasteiger partial charge in [0.25, 0.3) is 5.91 Å². The number of hydrogen-bond acceptors (Lipinski definition) is 3. The molecular weight excluding hydrogens is 336 g/mol. The first-order valence-corrected chi connectivity index (χ1v) is 8.42. The van der Waals surface area contributed by atoms with Crippen molar-refractivity contribution in [3.8, 4) is 11.3 Å². The number of halogens is 1. The number of aromatic nitrogens is 1. The van der Waals surface area contributed by atoms with Crippen molar-refractivity contribution >= 4 is 28.4 Å². The first-order chi connectivity index (χ1) is 12.1. The van der Waals surface area contributed by atoms with Crippen LogP contribution >= 0.6 is 11.6 Å². The van der Waals surface area contributed by atoms with Crippen LogP contribution in [0, 0.1) is 0 Å². The molecule has 1 atom stereocenters. The van der Waals surface area contributed by atoms with E-state index >= 15 is 0 Å². The molecule has 0 unspecified atom stereocenters. The zero-order valence-electron chi connectivity index (χ0n) is 14.1. The van der Waals surface area contributed by atoms with Gasteiger partial charge in [-0.3, -0.25) is 4.79 Å². The Balaban J connectivity index is 2.06. The van der Waals surface area contributed by atoms with Gasteiger partial charge in [-0.1, -0.05) is 41.9 Å². The van der Waals surface area contributed by atoms with Gasteiger partial charge >= 0.3 is 0 Å². The van der Waals surface area contributed by atoms with Crippen LogP contribution < -0.4 is 5.32 Å². The second kappa shape index (κ2) is 7.64. The van der Waals surface area contributed by atoms with Crippen molar-refractivity contribution in [2.75, 3.05) is 13.7 Å².